The zero-order chi connectivity index (χ0) is 18.6. The Morgan fingerprint density at radius 3 is 1.30 bits per heavy atom. The zero-order valence-electron chi connectivity index (χ0n) is 14.4. The molecular weight excluding hydrogens is 405 g/mol. The van der Waals surface area contributed by atoms with Gasteiger partial charge in [-0.3, -0.25) is 0 Å². The van der Waals surface area contributed by atoms with E-state index in [9.17, 15) is 8.78 Å². The van der Waals surface area contributed by atoms with Crippen LogP contribution in [-0.4, -0.2) is 15.0 Å². The summed E-state index contributed by atoms with van der Waals surface area (Å²) in [6, 6.07) is 29.5. The Labute approximate surface area is 163 Å². The number of halogens is 2. The Hall–Kier alpha value is -2.74. The van der Waals surface area contributed by atoms with Gasteiger partial charge in [-0.05, 0) is 0 Å². The van der Waals surface area contributed by atoms with Crippen molar-refractivity contribution in [2.45, 2.75) is 0 Å². The summed E-state index contributed by atoms with van der Waals surface area (Å²) >= 11 is -0.0995. The third-order valence-electron chi connectivity index (χ3n) is 4.27. The van der Waals surface area contributed by atoms with Gasteiger partial charge in [0.25, 0.3) is 0 Å². The molecule has 0 aliphatic rings. The molecule has 0 aliphatic heterocycles. The van der Waals surface area contributed by atoms with Gasteiger partial charge in [-0.1, -0.05) is 0 Å². The van der Waals surface area contributed by atoms with E-state index in [0.717, 1.165) is 31.2 Å². The van der Waals surface area contributed by atoms with Crippen molar-refractivity contribution in [2.24, 2.45) is 0 Å². The van der Waals surface area contributed by atoms with Gasteiger partial charge in [0.1, 0.15) is 0 Å². The fraction of sp³-hybridized carbons (Fsp3) is 0. The van der Waals surface area contributed by atoms with Gasteiger partial charge < -0.3 is 0 Å². The molecule has 0 amide bonds. The maximum atomic E-state index is 13.9. The molecule has 4 aromatic carbocycles. The normalized spacial score (nSPS) is 10.7. The van der Waals surface area contributed by atoms with Crippen molar-refractivity contribution in [2.75, 3.05) is 0 Å². The van der Waals surface area contributed by atoms with Crippen LogP contribution in [0.5, 0.6) is 0 Å². The van der Waals surface area contributed by atoms with Crippen LogP contribution in [0.3, 0.4) is 0 Å². The Morgan fingerprint density at radius 1 is 0.481 bits per heavy atom. The number of hydrogen-bond acceptors (Lipinski definition) is 0. The van der Waals surface area contributed by atoms with Gasteiger partial charge in [-0.2, -0.15) is 0 Å². The van der Waals surface area contributed by atoms with Crippen molar-refractivity contribution in [1.29, 1.82) is 0 Å². The van der Waals surface area contributed by atoms with Crippen LogP contribution in [0.1, 0.15) is 0 Å². The second kappa shape index (κ2) is 7.87. The predicted octanol–water partition coefficient (Wildman–Crippen LogP) is 4.95. The summed E-state index contributed by atoms with van der Waals surface area (Å²) in [5.74, 6) is -0.508. The average Bonchev–Trinajstić information content (AvgIpc) is 2.72. The summed E-state index contributed by atoms with van der Waals surface area (Å²) in [6.45, 7) is 0. The van der Waals surface area contributed by atoms with Gasteiger partial charge in [-0.25, -0.2) is 0 Å². The minimum absolute atomic E-state index is 0.0995. The fourth-order valence-electron chi connectivity index (χ4n) is 2.99. The number of rotatable bonds is 4. The molecule has 0 spiro atoms. The van der Waals surface area contributed by atoms with Crippen LogP contribution in [0.15, 0.2) is 97.1 Å². The van der Waals surface area contributed by atoms with Gasteiger partial charge in [0.15, 0.2) is 0 Å². The van der Waals surface area contributed by atoms with Crippen LogP contribution in [0.4, 0.5) is 8.78 Å². The first-order valence-corrected chi connectivity index (χ1v) is 10.3. The molecule has 0 saturated carbocycles. The molecule has 132 valence electrons. The molecule has 0 aliphatic carbocycles. The van der Waals surface area contributed by atoms with Crippen LogP contribution in [0.25, 0.3) is 22.3 Å². The van der Waals surface area contributed by atoms with Gasteiger partial charge >= 0.3 is 164 Å². The van der Waals surface area contributed by atoms with Crippen molar-refractivity contribution >= 4 is 23.9 Å². The quantitative estimate of drug-likeness (QED) is 0.409. The van der Waals surface area contributed by atoms with Gasteiger partial charge in [0.2, 0.25) is 0 Å². The summed E-state index contributed by atoms with van der Waals surface area (Å²) in [5.41, 5.74) is 3.74. The monoisotopic (exact) mass is 422 g/mol. The van der Waals surface area contributed by atoms with Crippen LogP contribution in [0, 0.1) is 11.6 Å². The van der Waals surface area contributed by atoms with E-state index >= 15 is 0 Å². The second-order valence-corrected chi connectivity index (χ2v) is 8.39. The molecule has 0 fully saturated rings. The molecule has 0 atom stereocenters. The zero-order valence-corrected chi connectivity index (χ0v) is 16.1. The first-order valence-electron chi connectivity index (χ1n) is 8.58. The van der Waals surface area contributed by atoms with Crippen molar-refractivity contribution in [1.82, 2.24) is 0 Å². The molecule has 0 bridgehead atoms. The molecule has 0 saturated heterocycles. The van der Waals surface area contributed by atoms with Crippen LogP contribution in [-0.2, 0) is 0 Å². The van der Waals surface area contributed by atoms with Crippen molar-refractivity contribution < 1.29 is 8.78 Å². The molecule has 0 heterocycles. The molecule has 4 aromatic rings. The second-order valence-electron chi connectivity index (χ2n) is 6.12. The van der Waals surface area contributed by atoms with Crippen molar-refractivity contribution in [3.63, 3.8) is 0 Å². The summed E-state index contributed by atoms with van der Waals surface area (Å²) in [7, 11) is 0. The third kappa shape index (κ3) is 4.00. The fourth-order valence-corrected chi connectivity index (χ4v) is 5.26. The summed E-state index contributed by atoms with van der Waals surface area (Å²) in [4.78, 5) is 0. The average molecular weight is 421 g/mol. The van der Waals surface area contributed by atoms with E-state index in [1.807, 2.05) is 72.8 Å². The predicted molar refractivity (Wildman–Crippen MR) is 109 cm³/mol. The maximum absolute atomic E-state index is 13.9. The molecule has 0 aromatic heterocycles. The molecule has 0 radical (unpaired) electrons. The summed E-state index contributed by atoms with van der Waals surface area (Å²) in [5, 5.41) is 0. The van der Waals surface area contributed by atoms with Crippen LogP contribution in [0.2, 0.25) is 0 Å². The Kier molecular flexibility index (Phi) is 5.15. The first kappa shape index (κ1) is 17.7. The molecule has 0 unspecified atom stereocenters. The van der Waals surface area contributed by atoms with Gasteiger partial charge in [0.05, 0.1) is 0 Å². The Balaban J connectivity index is 1.80. The topological polar surface area (TPSA) is 0 Å². The van der Waals surface area contributed by atoms with E-state index in [2.05, 4.69) is 0 Å². The molecule has 0 nitrogen and oxygen atoms in total. The Morgan fingerprint density at radius 2 is 0.889 bits per heavy atom. The van der Waals surface area contributed by atoms with Gasteiger partial charge in [-0.15, -0.1) is 0 Å². The molecular formula is C24H16F2Se. The van der Waals surface area contributed by atoms with Gasteiger partial charge in [0, 0.05) is 0 Å². The van der Waals surface area contributed by atoms with Crippen molar-refractivity contribution in [3.05, 3.63) is 109 Å². The van der Waals surface area contributed by atoms with E-state index < -0.39 is 0 Å². The number of hydrogen-bond donors (Lipinski definition) is 0. The first-order chi connectivity index (χ1) is 13.2. The van der Waals surface area contributed by atoms with Crippen LogP contribution >= 0.6 is 0 Å². The minimum atomic E-state index is -0.254. The third-order valence-corrected chi connectivity index (χ3v) is 6.69. The van der Waals surface area contributed by atoms with Crippen LogP contribution < -0.4 is 8.92 Å². The standard InChI is InChI=1S/C24H16F2Se/c25-19-11-13-23(21(15-19)17-7-3-1-4-8-17)27-24-14-12-20(26)16-22(24)18-9-5-2-6-10-18/h1-16H. The SMILES string of the molecule is Fc1ccc([Se]c2ccc(F)cc2-c2ccccc2)c(-c2ccccc2)c1. The number of benzene rings is 4. The molecule has 0 N–H and O–H groups in total. The van der Waals surface area contributed by atoms with E-state index in [4.69, 9.17) is 0 Å². The van der Waals surface area contributed by atoms with E-state index in [0.29, 0.717) is 0 Å². The molecule has 27 heavy (non-hydrogen) atoms. The summed E-state index contributed by atoms with van der Waals surface area (Å²) < 4.78 is 30.0. The molecule has 3 heteroatoms. The van der Waals surface area contributed by atoms with E-state index in [1.165, 1.54) is 12.1 Å². The van der Waals surface area contributed by atoms with E-state index in [1.54, 1.807) is 12.1 Å². The van der Waals surface area contributed by atoms with Crippen molar-refractivity contribution in [3.8, 4) is 22.3 Å². The molecule has 4 rings (SSSR count). The Bertz CT molecular complexity index is 973. The van der Waals surface area contributed by atoms with E-state index in [-0.39, 0.29) is 26.6 Å². The summed E-state index contributed by atoms with van der Waals surface area (Å²) in [6.07, 6.45) is 0.